The predicted octanol–water partition coefficient (Wildman–Crippen LogP) is 0.888. The number of nitrogens with two attached hydrogens (primary N) is 2. The normalized spacial score (nSPS) is 12.9. The zero-order chi connectivity index (χ0) is 27.0. The first-order valence-electron chi connectivity index (χ1n) is 11.7. The Hall–Kier alpha value is -5.25. The lowest BCUT2D eigenvalue weighted by Crippen LogP contribution is -2.44. The second-order valence-electron chi connectivity index (χ2n) is 8.66. The number of benzene rings is 3. The third-order valence-electron chi connectivity index (χ3n) is 6.25. The van der Waals surface area contributed by atoms with Gasteiger partial charge >= 0.3 is 5.97 Å². The van der Waals surface area contributed by atoms with Crippen LogP contribution in [0.1, 0.15) is 20.7 Å². The second-order valence-corrected chi connectivity index (χ2v) is 8.66. The number of hydrogen-bond acceptors (Lipinski definition) is 7. The van der Waals surface area contributed by atoms with Crippen molar-refractivity contribution in [3.05, 3.63) is 83.2 Å². The van der Waals surface area contributed by atoms with Crippen molar-refractivity contribution in [3.63, 3.8) is 0 Å². The lowest BCUT2D eigenvalue weighted by atomic mass is 9.89. The van der Waals surface area contributed by atoms with Gasteiger partial charge in [0.2, 0.25) is 0 Å². The van der Waals surface area contributed by atoms with E-state index in [1.807, 2.05) is 0 Å². The number of hydrogen-bond donors (Lipinski definition) is 3. The summed E-state index contributed by atoms with van der Waals surface area (Å²) in [7, 11) is 1.28. The van der Waals surface area contributed by atoms with Gasteiger partial charge in [0.25, 0.3) is 17.7 Å². The maximum absolute atomic E-state index is 13.0. The average Bonchev–Trinajstić information content (AvgIpc) is 3.23. The molecule has 38 heavy (non-hydrogen) atoms. The molecule has 0 spiro atoms. The van der Waals surface area contributed by atoms with Crippen LogP contribution < -0.4 is 21.8 Å². The van der Waals surface area contributed by atoms with Gasteiger partial charge in [0, 0.05) is 65.1 Å². The zero-order valence-corrected chi connectivity index (χ0v) is 20.3. The number of carbonyl (C=O) groups excluding carboxylic acids is 4. The van der Waals surface area contributed by atoms with Crippen LogP contribution in [-0.2, 0) is 14.3 Å². The maximum Gasteiger partial charge on any atom is 0.338 e. The number of nitrogens with zero attached hydrogens (tertiary/aromatic N) is 1. The first kappa shape index (κ1) is 24.4. The number of nitrogen functional groups attached to an aromatic ring is 1. The summed E-state index contributed by atoms with van der Waals surface area (Å²) in [4.78, 5) is 50.4. The lowest BCUT2D eigenvalue weighted by molar-refractivity contribution is -0.172. The Labute approximate surface area is 216 Å². The summed E-state index contributed by atoms with van der Waals surface area (Å²) in [6, 6.07) is 15.0. The number of methoxy groups -OCH3 is 1. The van der Waals surface area contributed by atoms with Crippen molar-refractivity contribution < 1.29 is 33.7 Å². The molecule has 2 aliphatic heterocycles. The second kappa shape index (κ2) is 9.66. The van der Waals surface area contributed by atoms with Gasteiger partial charge in [0.05, 0.1) is 18.7 Å². The van der Waals surface area contributed by atoms with Crippen LogP contribution in [0.25, 0.3) is 33.4 Å². The van der Waals surface area contributed by atoms with Gasteiger partial charge < -0.3 is 20.2 Å². The fraction of sp³-hybridized carbons (Fsp3) is 0.107. The molecule has 3 aliphatic rings. The Morgan fingerprint density at radius 3 is 2.50 bits per heavy atom. The third-order valence-corrected chi connectivity index (χ3v) is 6.25. The highest BCUT2D eigenvalue weighted by atomic mass is 16.5. The molecule has 0 unspecified atom stereocenters. The van der Waals surface area contributed by atoms with Crippen molar-refractivity contribution in [2.45, 2.75) is 0 Å². The zero-order valence-electron chi connectivity index (χ0n) is 20.3. The van der Waals surface area contributed by atoms with E-state index in [0.717, 1.165) is 4.90 Å². The molecule has 2 aromatic carbocycles. The number of rotatable bonds is 6. The number of carbonyl (C=O) groups is 4. The highest BCUT2D eigenvalue weighted by molar-refractivity contribution is 6.13. The minimum Gasteiger partial charge on any atom is -0.465 e. The molecule has 5 rings (SSSR count). The Morgan fingerprint density at radius 2 is 1.76 bits per heavy atom. The smallest absolute Gasteiger partial charge is 0.338 e. The van der Waals surface area contributed by atoms with Crippen molar-refractivity contribution >= 4 is 40.3 Å². The summed E-state index contributed by atoms with van der Waals surface area (Å²) in [5.41, 5.74) is 9.20. The van der Waals surface area contributed by atoms with E-state index in [4.69, 9.17) is 20.3 Å². The highest BCUT2D eigenvalue weighted by Gasteiger charge is 2.25. The molecule has 10 nitrogen and oxygen atoms in total. The number of amides is 3. The fourth-order valence-electron chi connectivity index (χ4n) is 4.43. The molecule has 0 aromatic heterocycles. The Kier molecular flexibility index (Phi) is 6.21. The molecule has 5 N–H and O–H groups in total. The quantitative estimate of drug-likeness (QED) is 0.150. The van der Waals surface area contributed by atoms with E-state index < -0.39 is 23.7 Å². The molecule has 2 aromatic rings. The predicted molar refractivity (Wildman–Crippen MR) is 137 cm³/mol. The number of fused-ring (bicyclic) bond motifs is 2. The summed E-state index contributed by atoms with van der Waals surface area (Å²) in [6.07, 6.45) is 2.37. The third kappa shape index (κ3) is 4.39. The van der Waals surface area contributed by atoms with E-state index in [-0.39, 0.29) is 24.2 Å². The molecule has 190 valence electrons. The van der Waals surface area contributed by atoms with E-state index in [2.05, 4.69) is 5.32 Å². The molecule has 0 radical (unpaired) electrons. The van der Waals surface area contributed by atoms with Crippen LogP contribution >= 0.6 is 0 Å². The van der Waals surface area contributed by atoms with Crippen LogP contribution in [0, 0.1) is 0 Å². The molecule has 0 saturated carbocycles. The highest BCUT2D eigenvalue weighted by Crippen LogP contribution is 2.42. The van der Waals surface area contributed by atoms with Crippen LogP contribution in [0.4, 0.5) is 5.69 Å². The topological polar surface area (TPSA) is 158 Å². The molecular formula is C28H23N4O6+. The summed E-state index contributed by atoms with van der Waals surface area (Å²) < 4.78 is 11.1. The number of anilines is 1. The van der Waals surface area contributed by atoms with Crippen molar-refractivity contribution in [1.82, 2.24) is 10.2 Å². The van der Waals surface area contributed by atoms with Gasteiger partial charge in [0.15, 0.2) is 5.36 Å². The largest absolute Gasteiger partial charge is 0.465 e. The molecule has 0 atom stereocenters. The molecule has 0 bridgehead atoms. The Morgan fingerprint density at radius 1 is 1.00 bits per heavy atom. The summed E-state index contributed by atoms with van der Waals surface area (Å²) in [5.74, 6) is -1.42. The molecule has 0 saturated heterocycles. The van der Waals surface area contributed by atoms with E-state index in [0.29, 0.717) is 44.5 Å². The molecule has 2 heterocycles. The Bertz CT molecular complexity index is 1690. The van der Waals surface area contributed by atoms with Crippen LogP contribution in [-0.4, -0.2) is 48.8 Å². The van der Waals surface area contributed by atoms with Gasteiger partial charge in [0.1, 0.15) is 11.3 Å². The summed E-state index contributed by atoms with van der Waals surface area (Å²) in [5, 5.41) is 9.87. The molecule has 0 fully saturated rings. The minimum absolute atomic E-state index is 0.0296. The van der Waals surface area contributed by atoms with Gasteiger partial charge in [-0.25, -0.2) is 4.79 Å². The van der Waals surface area contributed by atoms with Gasteiger partial charge in [-0.05, 0) is 42.0 Å². The van der Waals surface area contributed by atoms with E-state index in [1.165, 1.54) is 31.4 Å². The van der Waals surface area contributed by atoms with Crippen molar-refractivity contribution in [2.75, 3.05) is 25.9 Å². The van der Waals surface area contributed by atoms with Gasteiger partial charge in [-0.2, -0.15) is 0 Å². The van der Waals surface area contributed by atoms with E-state index in [1.54, 1.807) is 42.5 Å². The van der Waals surface area contributed by atoms with Crippen molar-refractivity contribution in [2.24, 2.45) is 0 Å². The lowest BCUT2D eigenvalue weighted by Gasteiger charge is -2.18. The fourth-order valence-corrected chi connectivity index (χ4v) is 4.43. The number of esters is 1. The van der Waals surface area contributed by atoms with Crippen LogP contribution in [0.15, 0.2) is 71.2 Å². The standard InChI is InChI=1S/C28H22N4O6/c1-37-28(36)18-5-2-15(27(35)31-10-11-32-24(33)8-9-25(32)34)12-21(18)26-19-6-3-16(29)13-22(19)38-23-14-17(30)4-7-20(23)26/h2-9,12-14,29H,10-11,30H2,1H3,(H,31,35)/p+1. The van der Waals surface area contributed by atoms with E-state index >= 15 is 0 Å². The first-order chi connectivity index (χ1) is 18.3. The van der Waals surface area contributed by atoms with Gasteiger partial charge in [-0.15, -0.1) is 0 Å². The average molecular weight is 512 g/mol. The summed E-state index contributed by atoms with van der Waals surface area (Å²) in [6.45, 7) is 0.0858. The van der Waals surface area contributed by atoms with E-state index in [9.17, 15) is 19.2 Å². The first-order valence-corrected chi connectivity index (χ1v) is 11.7. The minimum atomic E-state index is -0.585. The monoisotopic (exact) mass is 511 g/mol. The molecule has 10 heteroatoms. The van der Waals surface area contributed by atoms with Crippen LogP contribution in [0.5, 0.6) is 0 Å². The number of ether oxygens (including phenoxy) is 1. The summed E-state index contributed by atoms with van der Waals surface area (Å²) >= 11 is 0. The van der Waals surface area contributed by atoms with Gasteiger partial charge in [-0.1, -0.05) is 0 Å². The van der Waals surface area contributed by atoms with Gasteiger partial charge in [-0.3, -0.25) is 24.7 Å². The van der Waals surface area contributed by atoms with Crippen molar-refractivity contribution in [3.8, 4) is 22.5 Å². The van der Waals surface area contributed by atoms with Crippen molar-refractivity contribution in [1.29, 1.82) is 0 Å². The molecular weight excluding hydrogens is 488 g/mol. The SMILES string of the molecule is COC(=O)c1ccc(C(=O)NCCN2C(=O)C=CC2=O)cc1-c1c2ccc(=[NH2+])cc-2oc2cc(N)ccc12. The molecule has 1 aliphatic carbocycles. The van der Waals surface area contributed by atoms with Crippen LogP contribution in [0.3, 0.4) is 0 Å². The Balaban J connectivity index is 1.60. The number of nitrogens with one attached hydrogen (secondary N) is 1. The number of imide groups is 1. The van der Waals surface area contributed by atoms with Crippen LogP contribution in [0.2, 0.25) is 0 Å². The maximum atomic E-state index is 13.0. The molecule has 3 amide bonds.